The van der Waals surface area contributed by atoms with Gasteiger partial charge in [-0.05, 0) is 38.0 Å². The monoisotopic (exact) mass is 410 g/mol. The topological polar surface area (TPSA) is 43.8 Å². The molecule has 1 aliphatic rings. The molecule has 1 saturated heterocycles. The molecule has 7 heteroatoms. The summed E-state index contributed by atoms with van der Waals surface area (Å²) in [4.78, 5) is 6.83. The van der Waals surface area contributed by atoms with Gasteiger partial charge in [-0.1, -0.05) is 23.7 Å². The van der Waals surface area contributed by atoms with Crippen LogP contribution in [0.3, 0.4) is 0 Å². The lowest BCUT2D eigenvalue weighted by molar-refractivity contribution is -0.0441. The molecule has 148 valence electrons. The number of halogens is 1. The van der Waals surface area contributed by atoms with Crippen LogP contribution in [0.25, 0.3) is 0 Å². The Bertz CT molecular complexity index is 695. The molecular weight excluding hydrogens is 384 g/mol. The van der Waals surface area contributed by atoms with E-state index in [1.807, 2.05) is 24.4 Å². The summed E-state index contributed by atoms with van der Waals surface area (Å²) in [7, 11) is 0. The molecule has 1 aromatic carbocycles. The second-order valence-corrected chi connectivity index (χ2v) is 8.06. The van der Waals surface area contributed by atoms with Crippen molar-refractivity contribution in [1.29, 1.82) is 0 Å². The number of morpholine rings is 1. The van der Waals surface area contributed by atoms with E-state index in [1.54, 1.807) is 0 Å². The van der Waals surface area contributed by atoms with E-state index in [2.05, 4.69) is 28.9 Å². The second kappa shape index (κ2) is 10.4. The molecule has 0 aliphatic carbocycles. The molecule has 0 amide bonds. The summed E-state index contributed by atoms with van der Waals surface area (Å²) in [5, 5.41) is 1.99. The van der Waals surface area contributed by atoms with E-state index < -0.39 is 0 Å². The molecule has 1 aromatic heterocycles. The average molecular weight is 411 g/mol. The van der Waals surface area contributed by atoms with E-state index >= 15 is 0 Å². The van der Waals surface area contributed by atoms with E-state index in [9.17, 15) is 0 Å². The summed E-state index contributed by atoms with van der Waals surface area (Å²) in [6.07, 6.45) is 0.995. The third-order valence-corrected chi connectivity index (χ3v) is 5.70. The summed E-state index contributed by atoms with van der Waals surface area (Å²) < 4.78 is 17.4. The zero-order valence-electron chi connectivity index (χ0n) is 15.9. The predicted octanol–water partition coefficient (Wildman–Crippen LogP) is 4.22. The van der Waals surface area contributed by atoms with Crippen LogP contribution in [-0.2, 0) is 15.9 Å². The van der Waals surface area contributed by atoms with Crippen molar-refractivity contribution in [2.24, 2.45) is 0 Å². The molecule has 5 nitrogen and oxygen atoms in total. The van der Waals surface area contributed by atoms with Gasteiger partial charge in [-0.25, -0.2) is 4.98 Å². The van der Waals surface area contributed by atoms with Crippen LogP contribution in [0.15, 0.2) is 29.6 Å². The maximum atomic E-state index is 5.97. The zero-order chi connectivity index (χ0) is 19.1. The zero-order valence-corrected chi connectivity index (χ0v) is 17.5. The molecule has 3 rings (SSSR count). The first-order chi connectivity index (χ1) is 13.2. The molecule has 0 radical (unpaired) electrons. The predicted molar refractivity (Wildman–Crippen MR) is 109 cm³/mol. The molecule has 1 aliphatic heterocycles. The van der Waals surface area contributed by atoms with Gasteiger partial charge in [0.15, 0.2) is 4.47 Å². The van der Waals surface area contributed by atoms with Gasteiger partial charge >= 0.3 is 0 Å². The average Bonchev–Trinajstić information content (AvgIpc) is 3.13. The van der Waals surface area contributed by atoms with Crippen LogP contribution in [-0.4, -0.2) is 55.4 Å². The normalized spacial score (nSPS) is 19.1. The minimum atomic E-state index is 0.00562. The molecule has 0 bridgehead atoms. The Morgan fingerprint density at radius 1 is 1.33 bits per heavy atom. The molecule has 2 atom stereocenters. The Balaban J connectivity index is 1.49. The van der Waals surface area contributed by atoms with Gasteiger partial charge in [0.05, 0.1) is 18.9 Å². The minimum Gasteiger partial charge on any atom is -0.491 e. The van der Waals surface area contributed by atoms with Crippen molar-refractivity contribution in [3.05, 3.63) is 45.4 Å². The first-order valence-electron chi connectivity index (χ1n) is 9.41. The minimum absolute atomic E-state index is 0.00562. The molecule has 2 heterocycles. The SMILES string of the molecule is CCOCCOc1ccc(CC(C)N2CCOC(c3csc(Cl)n3)C2)cc1. The van der Waals surface area contributed by atoms with Crippen LogP contribution < -0.4 is 4.74 Å². The van der Waals surface area contributed by atoms with Gasteiger partial charge in [-0.3, -0.25) is 4.90 Å². The number of nitrogens with zero attached hydrogens (tertiary/aromatic N) is 2. The van der Waals surface area contributed by atoms with E-state index in [-0.39, 0.29) is 6.10 Å². The van der Waals surface area contributed by atoms with Gasteiger partial charge in [0, 0.05) is 31.1 Å². The maximum Gasteiger partial charge on any atom is 0.183 e. The Hall–Kier alpha value is -1.18. The van der Waals surface area contributed by atoms with Crippen LogP contribution in [0, 0.1) is 0 Å². The van der Waals surface area contributed by atoms with Gasteiger partial charge in [-0.15, -0.1) is 11.3 Å². The van der Waals surface area contributed by atoms with Crippen LogP contribution in [0.2, 0.25) is 4.47 Å². The standard InChI is InChI=1S/C20H27ClN2O3S/c1-3-24-10-11-25-17-6-4-16(5-7-17)12-15(2)23-8-9-26-19(13-23)18-14-27-20(21)22-18/h4-7,14-15,19H,3,8-13H2,1-2H3. The first-order valence-corrected chi connectivity index (χ1v) is 10.7. The van der Waals surface area contributed by atoms with E-state index in [1.165, 1.54) is 16.9 Å². The number of rotatable bonds is 9. The highest BCUT2D eigenvalue weighted by molar-refractivity contribution is 7.13. The Morgan fingerprint density at radius 3 is 2.85 bits per heavy atom. The number of hydrogen-bond donors (Lipinski definition) is 0. The largest absolute Gasteiger partial charge is 0.491 e. The molecule has 2 aromatic rings. The number of aromatic nitrogens is 1. The van der Waals surface area contributed by atoms with Crippen molar-refractivity contribution < 1.29 is 14.2 Å². The third-order valence-electron chi connectivity index (χ3n) is 4.70. The summed E-state index contributed by atoms with van der Waals surface area (Å²) >= 11 is 7.42. The highest BCUT2D eigenvalue weighted by Crippen LogP contribution is 2.27. The first kappa shape index (κ1) is 20.6. The summed E-state index contributed by atoms with van der Waals surface area (Å²) in [5.41, 5.74) is 2.25. The molecule has 1 fully saturated rings. The highest BCUT2D eigenvalue weighted by Gasteiger charge is 2.26. The Kier molecular flexibility index (Phi) is 7.91. The van der Waals surface area contributed by atoms with Gasteiger partial charge in [-0.2, -0.15) is 0 Å². The van der Waals surface area contributed by atoms with Crippen molar-refractivity contribution in [2.75, 3.05) is 39.5 Å². The molecule has 2 unspecified atom stereocenters. The molecule has 0 spiro atoms. The number of hydrogen-bond acceptors (Lipinski definition) is 6. The lowest BCUT2D eigenvalue weighted by Gasteiger charge is -2.36. The van der Waals surface area contributed by atoms with Gasteiger partial charge < -0.3 is 14.2 Å². The summed E-state index contributed by atoms with van der Waals surface area (Å²) in [6, 6.07) is 8.78. The molecule has 0 N–H and O–H groups in total. The van der Waals surface area contributed by atoms with Crippen LogP contribution in [0.5, 0.6) is 5.75 Å². The van der Waals surface area contributed by atoms with Gasteiger partial charge in [0.2, 0.25) is 0 Å². The van der Waals surface area contributed by atoms with Crippen molar-refractivity contribution in [2.45, 2.75) is 32.4 Å². The number of ether oxygens (including phenoxy) is 3. The quantitative estimate of drug-likeness (QED) is 0.579. The number of benzene rings is 1. The fourth-order valence-corrected chi connectivity index (χ4v) is 4.03. The van der Waals surface area contributed by atoms with E-state index in [0.717, 1.165) is 44.2 Å². The van der Waals surface area contributed by atoms with Gasteiger partial charge in [0.1, 0.15) is 18.5 Å². The molecule has 0 saturated carbocycles. The molecule has 27 heavy (non-hydrogen) atoms. The van der Waals surface area contributed by atoms with E-state index in [4.69, 9.17) is 25.8 Å². The Labute approximate surface area is 170 Å². The summed E-state index contributed by atoms with van der Waals surface area (Å²) in [5.74, 6) is 0.887. The summed E-state index contributed by atoms with van der Waals surface area (Å²) in [6.45, 7) is 8.68. The van der Waals surface area contributed by atoms with Crippen LogP contribution in [0.1, 0.15) is 31.2 Å². The van der Waals surface area contributed by atoms with Crippen LogP contribution >= 0.6 is 22.9 Å². The molecular formula is C20H27ClN2O3S. The van der Waals surface area contributed by atoms with Crippen molar-refractivity contribution in [1.82, 2.24) is 9.88 Å². The van der Waals surface area contributed by atoms with Crippen molar-refractivity contribution in [3.63, 3.8) is 0 Å². The lowest BCUT2D eigenvalue weighted by atomic mass is 10.0. The fourth-order valence-electron chi connectivity index (χ4n) is 3.21. The number of thiazole rings is 1. The van der Waals surface area contributed by atoms with Crippen molar-refractivity contribution >= 4 is 22.9 Å². The van der Waals surface area contributed by atoms with E-state index in [0.29, 0.717) is 23.7 Å². The Morgan fingerprint density at radius 2 is 2.15 bits per heavy atom. The van der Waals surface area contributed by atoms with Crippen molar-refractivity contribution in [3.8, 4) is 5.75 Å². The maximum absolute atomic E-state index is 5.97. The fraction of sp³-hybridized carbons (Fsp3) is 0.550. The lowest BCUT2D eigenvalue weighted by Crippen LogP contribution is -2.44. The second-order valence-electron chi connectivity index (χ2n) is 6.62. The highest BCUT2D eigenvalue weighted by atomic mass is 35.5. The third kappa shape index (κ3) is 6.16. The van der Waals surface area contributed by atoms with Gasteiger partial charge in [0.25, 0.3) is 0 Å². The van der Waals surface area contributed by atoms with Crippen LogP contribution in [0.4, 0.5) is 0 Å². The smallest absolute Gasteiger partial charge is 0.183 e.